The van der Waals surface area contributed by atoms with E-state index in [4.69, 9.17) is 0 Å². The largest absolute Gasteiger partial charge is 0.0870 e. The van der Waals surface area contributed by atoms with Gasteiger partial charge in [-0.2, -0.15) is 0 Å². The average molecular weight is 733 g/mol. The number of rotatable bonds is 6. The van der Waals surface area contributed by atoms with Gasteiger partial charge in [-0.25, -0.2) is 0 Å². The Kier molecular flexibility index (Phi) is 9.07. The molecule has 0 aliphatic heterocycles. The van der Waals surface area contributed by atoms with Gasteiger partial charge in [0.15, 0.2) is 0 Å². The highest BCUT2D eigenvalue weighted by Crippen LogP contribution is 2.54. The van der Waals surface area contributed by atoms with E-state index in [1.165, 1.54) is 113 Å². The van der Waals surface area contributed by atoms with Crippen molar-refractivity contribution >= 4 is 21.9 Å². The molecule has 0 saturated heterocycles. The zero-order valence-electron chi connectivity index (χ0n) is 35.5. The molecule has 0 aromatic heterocycles. The van der Waals surface area contributed by atoms with Gasteiger partial charge in [0, 0.05) is 5.41 Å². The summed E-state index contributed by atoms with van der Waals surface area (Å²) in [6.07, 6.45) is 11.5. The molecule has 0 nitrogen and oxygen atoms in total. The zero-order chi connectivity index (χ0) is 39.2. The van der Waals surface area contributed by atoms with Crippen molar-refractivity contribution in [1.82, 2.24) is 0 Å². The second kappa shape index (κ2) is 13.8. The highest BCUT2D eigenvalue weighted by molar-refractivity contribution is 6.04. The van der Waals surface area contributed by atoms with E-state index in [1.807, 2.05) is 0 Å². The van der Waals surface area contributed by atoms with Crippen molar-refractivity contribution in [2.75, 3.05) is 0 Å². The Morgan fingerprint density at radius 2 is 1.43 bits per heavy atom. The first kappa shape index (κ1) is 36.9. The van der Waals surface area contributed by atoms with Crippen molar-refractivity contribution in [3.8, 4) is 11.1 Å². The van der Waals surface area contributed by atoms with E-state index in [-0.39, 0.29) is 5.41 Å². The second-order valence-corrected chi connectivity index (χ2v) is 18.7. The van der Waals surface area contributed by atoms with Crippen LogP contribution in [0.25, 0.3) is 33.0 Å². The molecule has 0 bridgehead atoms. The fourth-order valence-electron chi connectivity index (χ4n) is 11.2. The Bertz CT molecular complexity index is 2560. The first-order valence-corrected chi connectivity index (χ1v) is 21.6. The van der Waals surface area contributed by atoms with E-state index in [0.29, 0.717) is 29.6 Å². The Hall–Kier alpha value is -4.68. The lowest BCUT2D eigenvalue weighted by molar-refractivity contribution is 0.550. The number of hydrogen-bond donors (Lipinski definition) is 0. The van der Waals surface area contributed by atoms with E-state index in [0.717, 1.165) is 12.8 Å². The lowest BCUT2D eigenvalue weighted by Crippen LogP contribution is -2.17. The maximum atomic E-state index is 2.58. The van der Waals surface area contributed by atoms with Crippen LogP contribution < -0.4 is 0 Å². The molecule has 0 N–H and O–H groups in total. The van der Waals surface area contributed by atoms with Gasteiger partial charge >= 0.3 is 0 Å². The molecule has 0 saturated carbocycles. The maximum Gasteiger partial charge on any atom is 0.0159 e. The summed E-state index contributed by atoms with van der Waals surface area (Å²) in [5.74, 6) is 2.47. The van der Waals surface area contributed by atoms with Crippen LogP contribution in [0.5, 0.6) is 0 Å². The van der Waals surface area contributed by atoms with Crippen molar-refractivity contribution in [2.24, 2.45) is 11.8 Å². The maximum absolute atomic E-state index is 2.58. The minimum Gasteiger partial charge on any atom is -0.0870 e. The molecule has 0 spiro atoms. The molecule has 284 valence electrons. The molecule has 4 aliphatic carbocycles. The number of allylic oxidation sites excluding steroid dienone is 8. The summed E-state index contributed by atoms with van der Waals surface area (Å²) in [5, 5.41) is 2.78. The van der Waals surface area contributed by atoms with Crippen LogP contribution in [0.2, 0.25) is 0 Å². The Balaban J connectivity index is 1.05. The van der Waals surface area contributed by atoms with Crippen molar-refractivity contribution < 1.29 is 0 Å². The van der Waals surface area contributed by atoms with E-state index < -0.39 is 0 Å². The highest BCUT2D eigenvalue weighted by atomic mass is 14.4. The van der Waals surface area contributed by atoms with Crippen LogP contribution in [0, 0.1) is 11.8 Å². The summed E-state index contributed by atoms with van der Waals surface area (Å²) < 4.78 is 0. The van der Waals surface area contributed by atoms with Crippen LogP contribution in [-0.4, -0.2) is 0 Å². The SMILES string of the molecule is C/C=C\C1=C(C)C(C)C(C)c2cc(C(C)C(C)c3ccc4c(c3)C(C)(C)c3cc(Cc5ccc6c(c5)CC(C)C5=C6C=C(C)CC5)c5ccccc5c3-4)ccc21. The molecule has 0 heterocycles. The summed E-state index contributed by atoms with van der Waals surface area (Å²) in [6, 6.07) is 34.0. The fourth-order valence-corrected chi connectivity index (χ4v) is 11.2. The van der Waals surface area contributed by atoms with Crippen molar-refractivity contribution in [3.05, 3.63) is 176 Å². The topological polar surface area (TPSA) is 0 Å². The van der Waals surface area contributed by atoms with E-state index in [1.54, 1.807) is 5.57 Å². The van der Waals surface area contributed by atoms with E-state index in [2.05, 4.69) is 172 Å². The van der Waals surface area contributed by atoms with Gasteiger partial charge in [0.25, 0.3) is 0 Å². The molecule has 9 rings (SSSR count). The minimum atomic E-state index is -0.0907. The molecule has 56 heavy (non-hydrogen) atoms. The number of hydrogen-bond acceptors (Lipinski definition) is 0. The smallest absolute Gasteiger partial charge is 0.0159 e. The molecule has 0 heteroatoms. The fraction of sp³-hybridized carbons (Fsp3) is 0.357. The Morgan fingerprint density at radius 1 is 0.732 bits per heavy atom. The monoisotopic (exact) mass is 732 g/mol. The molecule has 0 amide bonds. The predicted molar refractivity (Wildman–Crippen MR) is 242 cm³/mol. The molecule has 4 aliphatic rings. The van der Waals surface area contributed by atoms with Gasteiger partial charge in [-0.3, -0.25) is 0 Å². The lowest BCUT2D eigenvalue weighted by atomic mass is 9.72. The summed E-state index contributed by atoms with van der Waals surface area (Å²) in [7, 11) is 0. The van der Waals surface area contributed by atoms with Crippen LogP contribution in [-0.2, 0) is 18.3 Å². The normalized spacial score (nSPS) is 22.0. The van der Waals surface area contributed by atoms with Gasteiger partial charge in [0.05, 0.1) is 0 Å². The number of fused-ring (bicyclic) bond motifs is 8. The van der Waals surface area contributed by atoms with Crippen LogP contribution in [0.15, 0.2) is 120 Å². The predicted octanol–water partition coefficient (Wildman–Crippen LogP) is 15.4. The van der Waals surface area contributed by atoms with Gasteiger partial charge in [-0.1, -0.05) is 168 Å². The lowest BCUT2D eigenvalue weighted by Gasteiger charge is -2.33. The third kappa shape index (κ3) is 5.77. The third-order valence-corrected chi connectivity index (χ3v) is 15.1. The van der Waals surface area contributed by atoms with Gasteiger partial charge in [0.1, 0.15) is 0 Å². The first-order chi connectivity index (χ1) is 26.9. The molecule has 0 fully saturated rings. The quantitative estimate of drug-likeness (QED) is 0.163. The summed E-state index contributed by atoms with van der Waals surface area (Å²) >= 11 is 0. The molecular formula is C56H60. The van der Waals surface area contributed by atoms with Crippen molar-refractivity contribution in [3.63, 3.8) is 0 Å². The van der Waals surface area contributed by atoms with Crippen molar-refractivity contribution in [1.29, 1.82) is 0 Å². The van der Waals surface area contributed by atoms with Gasteiger partial charge in [-0.15, -0.1) is 0 Å². The Labute approximate surface area is 337 Å². The van der Waals surface area contributed by atoms with Gasteiger partial charge in [0.2, 0.25) is 0 Å². The third-order valence-electron chi connectivity index (χ3n) is 15.1. The molecule has 5 aromatic carbocycles. The van der Waals surface area contributed by atoms with Crippen LogP contribution >= 0.6 is 0 Å². The van der Waals surface area contributed by atoms with Crippen LogP contribution in [0.1, 0.15) is 155 Å². The summed E-state index contributed by atoms with van der Waals surface area (Å²) in [4.78, 5) is 0. The summed E-state index contributed by atoms with van der Waals surface area (Å²) in [5.41, 5.74) is 25.0. The minimum absolute atomic E-state index is 0.0907. The zero-order valence-corrected chi connectivity index (χ0v) is 35.5. The summed E-state index contributed by atoms with van der Waals surface area (Å²) in [6.45, 7) is 23.8. The number of benzene rings is 5. The van der Waals surface area contributed by atoms with Gasteiger partial charge in [-0.05, 0) is 165 Å². The molecule has 0 radical (unpaired) electrons. The van der Waals surface area contributed by atoms with Crippen LogP contribution in [0.3, 0.4) is 0 Å². The van der Waals surface area contributed by atoms with Gasteiger partial charge < -0.3 is 0 Å². The first-order valence-electron chi connectivity index (χ1n) is 21.6. The van der Waals surface area contributed by atoms with E-state index >= 15 is 0 Å². The molecular weight excluding hydrogens is 673 g/mol. The molecule has 5 unspecified atom stereocenters. The molecule has 5 atom stereocenters. The highest BCUT2D eigenvalue weighted by Gasteiger charge is 2.38. The molecule has 5 aromatic rings. The van der Waals surface area contributed by atoms with E-state index in [9.17, 15) is 0 Å². The average Bonchev–Trinajstić information content (AvgIpc) is 3.43. The second-order valence-electron chi connectivity index (χ2n) is 18.7. The standard InChI is InChI=1S/C56H60/c1-11-14-45-37(7)34(4)38(8)51-29-40(19-23-48(45)51)35(5)36(6)41-20-24-50-53(30-41)56(9,10)54-31-43(46-15-12-13-16-49(46)55(50)54)28-39-18-22-47-42(27-39)26-33(3)44-21-17-32(2)25-52(44)47/h11-16,18-20,22-25,27,29-31,33-36,38H,17,21,26,28H2,1-10H3/b14-11-. The van der Waals surface area contributed by atoms with Crippen LogP contribution in [0.4, 0.5) is 0 Å². The Morgan fingerprint density at radius 3 is 2.18 bits per heavy atom. The van der Waals surface area contributed by atoms with Crippen molar-refractivity contribution in [2.45, 2.75) is 118 Å².